The molecule has 20 heavy (non-hydrogen) atoms. The Kier molecular flexibility index (Phi) is 3.18. The maximum atomic E-state index is 13.9. The number of hydrogen-bond donors (Lipinski definition) is 1. The van der Waals surface area contributed by atoms with Gasteiger partial charge in [-0.15, -0.1) is 0 Å². The third kappa shape index (κ3) is 2.27. The van der Waals surface area contributed by atoms with E-state index in [4.69, 9.17) is 4.74 Å². The van der Waals surface area contributed by atoms with Crippen molar-refractivity contribution in [3.8, 4) is 5.75 Å². The van der Waals surface area contributed by atoms with Crippen LogP contribution in [0, 0.1) is 18.6 Å². The fourth-order valence-electron chi connectivity index (χ4n) is 2.52. The Balaban J connectivity index is 1.99. The summed E-state index contributed by atoms with van der Waals surface area (Å²) in [5.41, 5.74) is 1.75. The largest absolute Gasteiger partial charge is 0.485 e. The van der Waals surface area contributed by atoms with Crippen LogP contribution in [0.15, 0.2) is 36.4 Å². The van der Waals surface area contributed by atoms with E-state index < -0.39 is 18.0 Å². The van der Waals surface area contributed by atoms with Gasteiger partial charge in [-0.2, -0.15) is 0 Å². The summed E-state index contributed by atoms with van der Waals surface area (Å²) in [6.07, 6.45) is -1.22. The van der Waals surface area contributed by atoms with Crippen LogP contribution in [0.2, 0.25) is 0 Å². The molecule has 0 fully saturated rings. The molecule has 2 aromatic rings. The van der Waals surface area contributed by atoms with Crippen molar-refractivity contribution in [2.45, 2.75) is 25.6 Å². The molecule has 1 N–H and O–H groups in total. The lowest BCUT2D eigenvalue weighted by molar-refractivity contribution is 0.0636. The van der Waals surface area contributed by atoms with Crippen molar-refractivity contribution >= 4 is 0 Å². The number of fused-ring (bicyclic) bond motifs is 1. The SMILES string of the molecule is Cc1ccc(F)c(C2CC(O)c3cc(F)ccc3O2)c1. The van der Waals surface area contributed by atoms with Crippen molar-refractivity contribution in [3.63, 3.8) is 0 Å². The van der Waals surface area contributed by atoms with Gasteiger partial charge < -0.3 is 9.84 Å². The standard InChI is InChI=1S/C16H14F2O2/c1-9-2-4-13(18)11(6-9)16-8-14(19)12-7-10(17)3-5-15(12)20-16/h2-7,14,16,19H,8H2,1H3. The second-order valence-corrected chi connectivity index (χ2v) is 5.07. The molecule has 0 amide bonds. The van der Waals surface area contributed by atoms with Crippen molar-refractivity contribution < 1.29 is 18.6 Å². The zero-order valence-electron chi connectivity index (χ0n) is 10.9. The highest BCUT2D eigenvalue weighted by atomic mass is 19.1. The molecule has 2 aromatic carbocycles. The minimum Gasteiger partial charge on any atom is -0.485 e. The second-order valence-electron chi connectivity index (χ2n) is 5.07. The maximum absolute atomic E-state index is 13.9. The van der Waals surface area contributed by atoms with E-state index in [1.807, 2.05) is 6.92 Å². The first-order valence-corrected chi connectivity index (χ1v) is 6.45. The third-order valence-electron chi connectivity index (χ3n) is 3.54. The first-order chi connectivity index (χ1) is 9.54. The van der Waals surface area contributed by atoms with Crippen LogP contribution < -0.4 is 4.74 Å². The molecule has 1 aliphatic rings. The predicted molar refractivity (Wildman–Crippen MR) is 70.5 cm³/mol. The molecule has 0 spiro atoms. The number of aryl methyl sites for hydroxylation is 1. The first-order valence-electron chi connectivity index (χ1n) is 6.45. The van der Waals surface area contributed by atoms with Crippen molar-refractivity contribution in [1.82, 2.24) is 0 Å². The number of benzene rings is 2. The first kappa shape index (κ1) is 13.1. The summed E-state index contributed by atoms with van der Waals surface area (Å²) in [6.45, 7) is 1.87. The highest BCUT2D eigenvalue weighted by Crippen LogP contribution is 2.41. The summed E-state index contributed by atoms with van der Waals surface area (Å²) in [6, 6.07) is 8.76. The van der Waals surface area contributed by atoms with E-state index in [9.17, 15) is 13.9 Å². The Hall–Kier alpha value is -1.94. The Labute approximate surface area is 115 Å². The molecular formula is C16H14F2O2. The summed E-state index contributed by atoms with van der Waals surface area (Å²) in [5, 5.41) is 10.1. The molecule has 0 saturated heterocycles. The molecule has 0 aromatic heterocycles. The summed E-state index contributed by atoms with van der Waals surface area (Å²) in [7, 11) is 0. The van der Waals surface area contributed by atoms with E-state index >= 15 is 0 Å². The second kappa shape index (κ2) is 4.87. The number of halogens is 2. The smallest absolute Gasteiger partial charge is 0.130 e. The van der Waals surface area contributed by atoms with E-state index in [-0.39, 0.29) is 12.2 Å². The van der Waals surface area contributed by atoms with E-state index in [0.29, 0.717) is 16.9 Å². The van der Waals surface area contributed by atoms with Gasteiger partial charge in [-0.1, -0.05) is 11.6 Å². The maximum Gasteiger partial charge on any atom is 0.130 e. The van der Waals surface area contributed by atoms with Gasteiger partial charge >= 0.3 is 0 Å². The molecule has 0 bridgehead atoms. The predicted octanol–water partition coefficient (Wildman–Crippen LogP) is 3.83. The van der Waals surface area contributed by atoms with Crippen LogP contribution in [0.1, 0.15) is 35.3 Å². The van der Waals surface area contributed by atoms with Crippen LogP contribution in [-0.2, 0) is 0 Å². The highest BCUT2D eigenvalue weighted by molar-refractivity contribution is 5.39. The lowest BCUT2D eigenvalue weighted by Crippen LogP contribution is -2.20. The molecular weight excluding hydrogens is 262 g/mol. The molecule has 1 heterocycles. The Morgan fingerprint density at radius 1 is 1.10 bits per heavy atom. The molecule has 3 rings (SSSR count). The van der Waals surface area contributed by atoms with E-state index in [0.717, 1.165) is 5.56 Å². The van der Waals surface area contributed by atoms with Gasteiger partial charge in [-0.3, -0.25) is 0 Å². The number of hydrogen-bond acceptors (Lipinski definition) is 2. The van der Waals surface area contributed by atoms with Crippen molar-refractivity contribution in [2.75, 3.05) is 0 Å². The average molecular weight is 276 g/mol. The normalized spacial score (nSPS) is 21.2. The molecule has 0 aliphatic carbocycles. The number of ether oxygens (including phenoxy) is 1. The molecule has 2 nitrogen and oxygen atoms in total. The van der Waals surface area contributed by atoms with Gasteiger partial charge in [-0.25, -0.2) is 8.78 Å². The number of aliphatic hydroxyl groups excluding tert-OH is 1. The van der Waals surface area contributed by atoms with Crippen LogP contribution in [0.3, 0.4) is 0 Å². The Morgan fingerprint density at radius 3 is 2.70 bits per heavy atom. The van der Waals surface area contributed by atoms with Crippen LogP contribution in [0.5, 0.6) is 5.75 Å². The van der Waals surface area contributed by atoms with Crippen LogP contribution in [0.25, 0.3) is 0 Å². The molecule has 0 radical (unpaired) electrons. The molecule has 2 atom stereocenters. The quantitative estimate of drug-likeness (QED) is 0.857. The lowest BCUT2D eigenvalue weighted by Gasteiger charge is -2.30. The number of rotatable bonds is 1. The Bertz CT molecular complexity index is 655. The lowest BCUT2D eigenvalue weighted by atomic mass is 9.94. The van der Waals surface area contributed by atoms with Gasteiger partial charge in [0.25, 0.3) is 0 Å². The fraction of sp³-hybridized carbons (Fsp3) is 0.250. The van der Waals surface area contributed by atoms with E-state index in [1.54, 1.807) is 12.1 Å². The summed E-state index contributed by atoms with van der Waals surface area (Å²) in [5.74, 6) is -0.388. The zero-order valence-corrected chi connectivity index (χ0v) is 10.9. The van der Waals surface area contributed by atoms with Crippen molar-refractivity contribution in [1.29, 1.82) is 0 Å². The van der Waals surface area contributed by atoms with E-state index in [1.165, 1.54) is 24.3 Å². The third-order valence-corrected chi connectivity index (χ3v) is 3.54. The summed E-state index contributed by atoms with van der Waals surface area (Å²) in [4.78, 5) is 0. The molecule has 1 aliphatic heterocycles. The van der Waals surface area contributed by atoms with Crippen molar-refractivity contribution in [2.24, 2.45) is 0 Å². The van der Waals surface area contributed by atoms with Crippen molar-refractivity contribution in [3.05, 3.63) is 64.7 Å². The summed E-state index contributed by atoms with van der Waals surface area (Å²) >= 11 is 0. The van der Waals surface area contributed by atoms with Gasteiger partial charge in [0.1, 0.15) is 23.5 Å². The minimum absolute atomic E-state index is 0.205. The van der Waals surface area contributed by atoms with Gasteiger partial charge in [0.2, 0.25) is 0 Å². The monoisotopic (exact) mass is 276 g/mol. The molecule has 104 valence electrons. The molecule has 2 unspecified atom stereocenters. The van der Waals surface area contributed by atoms with E-state index in [2.05, 4.69) is 0 Å². The van der Waals surface area contributed by atoms with Crippen LogP contribution in [0.4, 0.5) is 8.78 Å². The minimum atomic E-state index is -0.862. The molecule has 4 heteroatoms. The van der Waals surface area contributed by atoms with Crippen LogP contribution >= 0.6 is 0 Å². The van der Waals surface area contributed by atoms with Gasteiger partial charge in [0, 0.05) is 17.5 Å². The summed E-state index contributed by atoms with van der Waals surface area (Å²) < 4.78 is 32.8. The average Bonchev–Trinajstić information content (AvgIpc) is 2.42. The molecule has 0 saturated carbocycles. The van der Waals surface area contributed by atoms with Gasteiger partial charge in [0.05, 0.1) is 6.10 Å². The number of aliphatic hydroxyl groups is 1. The Morgan fingerprint density at radius 2 is 1.90 bits per heavy atom. The zero-order chi connectivity index (χ0) is 14.3. The van der Waals surface area contributed by atoms with Crippen LogP contribution in [-0.4, -0.2) is 5.11 Å². The van der Waals surface area contributed by atoms with Gasteiger partial charge in [0.15, 0.2) is 0 Å². The highest BCUT2D eigenvalue weighted by Gasteiger charge is 2.30. The van der Waals surface area contributed by atoms with Gasteiger partial charge in [-0.05, 0) is 37.3 Å². The topological polar surface area (TPSA) is 29.5 Å². The fourth-order valence-corrected chi connectivity index (χ4v) is 2.52.